The van der Waals surface area contributed by atoms with Crippen LogP contribution >= 0.6 is 11.3 Å². The SMILES string of the molecule is CS(=O)(=O)c1cccc(-c2ccc(-c3ccnn3-c3ccncc3)s2)c1. The van der Waals surface area contributed by atoms with Gasteiger partial charge in [0, 0.05) is 23.5 Å². The molecule has 0 spiro atoms. The molecule has 3 aromatic heterocycles. The van der Waals surface area contributed by atoms with Gasteiger partial charge in [0.2, 0.25) is 0 Å². The molecule has 0 fully saturated rings. The Hall–Kier alpha value is -2.77. The molecule has 4 aromatic rings. The Morgan fingerprint density at radius 3 is 2.46 bits per heavy atom. The maximum Gasteiger partial charge on any atom is 0.175 e. The van der Waals surface area contributed by atoms with Crippen LogP contribution in [0.3, 0.4) is 0 Å². The minimum absolute atomic E-state index is 0.326. The van der Waals surface area contributed by atoms with Crippen molar-refractivity contribution < 1.29 is 8.42 Å². The van der Waals surface area contributed by atoms with Gasteiger partial charge in [0.05, 0.1) is 27.4 Å². The smallest absolute Gasteiger partial charge is 0.175 e. The minimum atomic E-state index is -3.23. The number of hydrogen-bond donors (Lipinski definition) is 0. The Labute approximate surface area is 155 Å². The van der Waals surface area contributed by atoms with E-state index >= 15 is 0 Å². The van der Waals surface area contributed by atoms with Crippen LogP contribution in [-0.2, 0) is 9.84 Å². The van der Waals surface area contributed by atoms with E-state index in [0.717, 1.165) is 26.7 Å². The lowest BCUT2D eigenvalue weighted by molar-refractivity contribution is 0.602. The van der Waals surface area contributed by atoms with E-state index in [0.29, 0.717) is 4.90 Å². The van der Waals surface area contributed by atoms with Crippen molar-refractivity contribution in [3.8, 4) is 26.7 Å². The number of hydrogen-bond acceptors (Lipinski definition) is 5. The molecule has 7 heteroatoms. The first-order chi connectivity index (χ1) is 12.5. The topological polar surface area (TPSA) is 64.8 Å². The Balaban J connectivity index is 1.74. The predicted octanol–water partition coefficient (Wildman–Crippen LogP) is 4.07. The van der Waals surface area contributed by atoms with Crippen molar-refractivity contribution in [3.05, 3.63) is 73.2 Å². The third-order valence-corrected chi connectivity index (χ3v) is 6.22. The van der Waals surface area contributed by atoms with Crippen LogP contribution < -0.4 is 0 Å². The second kappa shape index (κ2) is 6.51. The molecule has 0 aliphatic rings. The molecule has 0 unspecified atom stereocenters. The van der Waals surface area contributed by atoms with E-state index < -0.39 is 9.84 Å². The normalized spacial score (nSPS) is 11.6. The van der Waals surface area contributed by atoms with E-state index in [1.807, 2.05) is 41.1 Å². The van der Waals surface area contributed by atoms with Gasteiger partial charge < -0.3 is 0 Å². The summed E-state index contributed by atoms with van der Waals surface area (Å²) in [5.41, 5.74) is 2.81. The fourth-order valence-corrected chi connectivity index (χ4v) is 4.37. The van der Waals surface area contributed by atoms with Gasteiger partial charge in [0.25, 0.3) is 0 Å². The molecular formula is C19H15N3O2S2. The second-order valence-corrected chi connectivity index (χ2v) is 8.90. The van der Waals surface area contributed by atoms with Crippen LogP contribution in [0.1, 0.15) is 0 Å². The summed E-state index contributed by atoms with van der Waals surface area (Å²) in [5.74, 6) is 0. The third-order valence-electron chi connectivity index (χ3n) is 3.96. The molecule has 0 bridgehead atoms. The molecule has 0 atom stereocenters. The lowest BCUT2D eigenvalue weighted by Gasteiger charge is -2.05. The molecule has 26 heavy (non-hydrogen) atoms. The maximum absolute atomic E-state index is 11.8. The summed E-state index contributed by atoms with van der Waals surface area (Å²) in [6.45, 7) is 0. The van der Waals surface area contributed by atoms with Gasteiger partial charge in [-0.25, -0.2) is 13.1 Å². The molecule has 5 nitrogen and oxygen atoms in total. The van der Waals surface area contributed by atoms with Crippen LogP contribution in [0.25, 0.3) is 26.7 Å². The van der Waals surface area contributed by atoms with Crippen LogP contribution in [0.15, 0.2) is 78.1 Å². The number of sulfone groups is 1. The van der Waals surface area contributed by atoms with E-state index in [4.69, 9.17) is 0 Å². The number of nitrogens with zero attached hydrogens (tertiary/aromatic N) is 3. The first kappa shape index (κ1) is 16.7. The average molecular weight is 381 g/mol. The van der Waals surface area contributed by atoms with Crippen molar-refractivity contribution in [2.45, 2.75) is 4.90 Å². The van der Waals surface area contributed by atoms with Crippen LogP contribution in [0.5, 0.6) is 0 Å². The quantitative estimate of drug-likeness (QED) is 0.535. The standard InChI is InChI=1S/C19H15N3O2S2/c1-26(23,24)16-4-2-3-14(13-16)18-5-6-19(25-18)17-9-12-21-22(17)15-7-10-20-11-8-15/h2-13H,1H3. The van der Waals surface area contributed by atoms with Crippen LogP contribution in [0.2, 0.25) is 0 Å². The minimum Gasteiger partial charge on any atom is -0.265 e. The molecular weight excluding hydrogens is 366 g/mol. The van der Waals surface area contributed by atoms with Gasteiger partial charge in [-0.05, 0) is 48.0 Å². The molecule has 0 radical (unpaired) electrons. The molecule has 0 N–H and O–H groups in total. The number of pyridine rings is 1. The van der Waals surface area contributed by atoms with Gasteiger partial charge in [-0.3, -0.25) is 4.98 Å². The van der Waals surface area contributed by atoms with Crippen molar-refractivity contribution in [2.75, 3.05) is 6.26 Å². The molecule has 0 saturated heterocycles. The summed E-state index contributed by atoms with van der Waals surface area (Å²) in [5, 5.41) is 4.41. The highest BCUT2D eigenvalue weighted by molar-refractivity contribution is 7.90. The Morgan fingerprint density at radius 1 is 0.923 bits per heavy atom. The summed E-state index contributed by atoms with van der Waals surface area (Å²) in [7, 11) is -3.23. The van der Waals surface area contributed by atoms with E-state index in [2.05, 4.69) is 10.1 Å². The largest absolute Gasteiger partial charge is 0.265 e. The summed E-state index contributed by atoms with van der Waals surface area (Å²) in [4.78, 5) is 6.43. The van der Waals surface area contributed by atoms with Crippen molar-refractivity contribution in [1.29, 1.82) is 0 Å². The van der Waals surface area contributed by atoms with Crippen molar-refractivity contribution >= 4 is 21.2 Å². The van der Waals surface area contributed by atoms with Gasteiger partial charge in [-0.1, -0.05) is 12.1 Å². The highest BCUT2D eigenvalue weighted by Crippen LogP contribution is 2.35. The van der Waals surface area contributed by atoms with E-state index in [1.54, 1.807) is 48.1 Å². The fourth-order valence-electron chi connectivity index (χ4n) is 2.69. The first-order valence-electron chi connectivity index (χ1n) is 7.87. The number of benzene rings is 1. The molecule has 0 aliphatic heterocycles. The molecule has 130 valence electrons. The molecule has 0 aliphatic carbocycles. The highest BCUT2D eigenvalue weighted by atomic mass is 32.2. The Bertz CT molecular complexity index is 1160. The summed E-state index contributed by atoms with van der Waals surface area (Å²) in [6, 6.07) is 16.8. The lowest BCUT2D eigenvalue weighted by Crippen LogP contribution is -1.97. The highest BCUT2D eigenvalue weighted by Gasteiger charge is 2.13. The van der Waals surface area contributed by atoms with Gasteiger partial charge >= 0.3 is 0 Å². The van der Waals surface area contributed by atoms with Gasteiger partial charge in [0.1, 0.15) is 0 Å². The van der Waals surface area contributed by atoms with Gasteiger partial charge in [0.15, 0.2) is 9.84 Å². The summed E-state index contributed by atoms with van der Waals surface area (Å²) in [6.07, 6.45) is 6.45. The number of aromatic nitrogens is 3. The van der Waals surface area contributed by atoms with Crippen LogP contribution in [-0.4, -0.2) is 29.4 Å². The van der Waals surface area contributed by atoms with Gasteiger partial charge in [-0.2, -0.15) is 5.10 Å². The van der Waals surface area contributed by atoms with Crippen molar-refractivity contribution in [1.82, 2.24) is 14.8 Å². The first-order valence-corrected chi connectivity index (χ1v) is 10.6. The molecule has 3 heterocycles. The predicted molar refractivity (Wildman–Crippen MR) is 103 cm³/mol. The van der Waals surface area contributed by atoms with Crippen LogP contribution in [0, 0.1) is 0 Å². The number of rotatable bonds is 4. The summed E-state index contributed by atoms with van der Waals surface area (Å²) >= 11 is 1.60. The average Bonchev–Trinajstić information content (AvgIpc) is 3.31. The molecule has 4 rings (SSSR count). The molecule has 0 saturated carbocycles. The number of thiophene rings is 1. The summed E-state index contributed by atoms with van der Waals surface area (Å²) < 4.78 is 25.5. The van der Waals surface area contributed by atoms with Crippen molar-refractivity contribution in [3.63, 3.8) is 0 Å². The van der Waals surface area contributed by atoms with E-state index in [9.17, 15) is 8.42 Å². The molecule has 1 aromatic carbocycles. The lowest BCUT2D eigenvalue weighted by atomic mass is 10.2. The van der Waals surface area contributed by atoms with E-state index in [-0.39, 0.29) is 0 Å². The van der Waals surface area contributed by atoms with Crippen LogP contribution in [0.4, 0.5) is 0 Å². The zero-order chi connectivity index (χ0) is 18.1. The fraction of sp³-hybridized carbons (Fsp3) is 0.0526. The Morgan fingerprint density at radius 2 is 1.69 bits per heavy atom. The van der Waals surface area contributed by atoms with Crippen molar-refractivity contribution in [2.24, 2.45) is 0 Å². The Kier molecular flexibility index (Phi) is 4.18. The zero-order valence-corrected chi connectivity index (χ0v) is 15.5. The maximum atomic E-state index is 11.8. The third kappa shape index (κ3) is 3.18. The second-order valence-electron chi connectivity index (χ2n) is 5.80. The van der Waals surface area contributed by atoms with Gasteiger partial charge in [-0.15, -0.1) is 11.3 Å². The van der Waals surface area contributed by atoms with E-state index in [1.165, 1.54) is 6.26 Å². The molecule has 0 amide bonds. The zero-order valence-electron chi connectivity index (χ0n) is 13.9. The monoisotopic (exact) mass is 381 g/mol.